The van der Waals surface area contributed by atoms with E-state index in [4.69, 9.17) is 5.26 Å². The molecule has 2 aromatic rings. The Morgan fingerprint density at radius 2 is 1.65 bits per heavy atom. The number of nitriles is 1. The van der Waals surface area contributed by atoms with Crippen molar-refractivity contribution in [3.05, 3.63) is 42.9 Å². The first kappa shape index (κ1) is 13.2. The lowest BCUT2D eigenvalue weighted by atomic mass is 10.2. The summed E-state index contributed by atoms with van der Waals surface area (Å²) in [5, 5.41) is 8.81. The molecule has 0 radical (unpaired) electrons. The molecule has 0 saturated carbocycles. The molecule has 1 aromatic carbocycles. The molecule has 0 saturated heterocycles. The molecule has 0 bridgehead atoms. The lowest BCUT2D eigenvalue weighted by Gasteiger charge is -2.00. The summed E-state index contributed by atoms with van der Waals surface area (Å²) in [5.74, 6) is 0. The molecule has 6 heteroatoms. The third-order valence-corrected chi connectivity index (χ3v) is 2.62. The average molecular weight is 296 g/mol. The van der Waals surface area contributed by atoms with Crippen LogP contribution in [0.15, 0.2) is 26.2 Å². The number of fused-ring (bicyclic) bond motifs is 1. The molecular weight excluding hydrogens is 286 g/mol. The summed E-state index contributed by atoms with van der Waals surface area (Å²) in [6.07, 6.45) is 0. The smallest absolute Gasteiger partial charge is 0.314 e. The summed E-state index contributed by atoms with van der Waals surface area (Å²) in [6.45, 7) is 4.00. The SMILES string of the molecule is CC.N#Cc1ccc(Br)c2[nH]c(=O)c(=O)[nH]c12. The number of benzene rings is 1. The highest BCUT2D eigenvalue weighted by Crippen LogP contribution is 2.21. The molecule has 0 spiro atoms. The first-order chi connectivity index (χ1) is 8.13. The number of aromatic nitrogens is 2. The van der Waals surface area contributed by atoms with E-state index < -0.39 is 11.1 Å². The van der Waals surface area contributed by atoms with Crippen LogP contribution in [0, 0.1) is 11.3 Å². The van der Waals surface area contributed by atoms with Gasteiger partial charge in [0.2, 0.25) is 0 Å². The van der Waals surface area contributed by atoms with E-state index in [1.807, 2.05) is 19.9 Å². The molecule has 5 nitrogen and oxygen atoms in total. The second kappa shape index (κ2) is 5.46. The van der Waals surface area contributed by atoms with Crippen molar-refractivity contribution in [2.24, 2.45) is 0 Å². The van der Waals surface area contributed by atoms with Crippen LogP contribution >= 0.6 is 15.9 Å². The van der Waals surface area contributed by atoms with Crippen molar-refractivity contribution in [1.29, 1.82) is 5.26 Å². The summed E-state index contributed by atoms with van der Waals surface area (Å²) in [5.41, 5.74) is -0.452. The van der Waals surface area contributed by atoms with Gasteiger partial charge in [0.05, 0.1) is 16.6 Å². The fraction of sp³-hybridized carbons (Fsp3) is 0.182. The van der Waals surface area contributed by atoms with E-state index in [0.717, 1.165) is 0 Å². The number of nitrogens with one attached hydrogen (secondary N) is 2. The van der Waals surface area contributed by atoms with Gasteiger partial charge in [0.1, 0.15) is 6.07 Å². The molecule has 2 N–H and O–H groups in total. The zero-order valence-corrected chi connectivity index (χ0v) is 10.9. The van der Waals surface area contributed by atoms with Crippen LogP contribution in [0.25, 0.3) is 11.0 Å². The van der Waals surface area contributed by atoms with Gasteiger partial charge >= 0.3 is 11.1 Å². The van der Waals surface area contributed by atoms with Gasteiger partial charge in [0, 0.05) is 4.47 Å². The minimum atomic E-state index is -0.767. The number of aromatic amines is 2. The molecule has 0 aliphatic carbocycles. The number of nitrogens with zero attached hydrogens (tertiary/aromatic N) is 1. The van der Waals surface area contributed by atoms with Gasteiger partial charge in [0.15, 0.2) is 0 Å². The average Bonchev–Trinajstić information content (AvgIpc) is 2.35. The molecule has 0 fully saturated rings. The molecule has 88 valence electrons. The van der Waals surface area contributed by atoms with Crippen molar-refractivity contribution >= 4 is 27.0 Å². The van der Waals surface area contributed by atoms with Gasteiger partial charge in [-0.1, -0.05) is 13.8 Å². The number of H-pyrrole nitrogens is 2. The summed E-state index contributed by atoms with van der Waals surface area (Å²) >= 11 is 3.22. The van der Waals surface area contributed by atoms with Crippen molar-refractivity contribution in [1.82, 2.24) is 9.97 Å². The minimum absolute atomic E-state index is 0.307. The Morgan fingerprint density at radius 1 is 1.12 bits per heavy atom. The van der Waals surface area contributed by atoms with Crippen LogP contribution in [0.3, 0.4) is 0 Å². The highest BCUT2D eigenvalue weighted by atomic mass is 79.9. The Hall–Kier alpha value is -1.87. The van der Waals surface area contributed by atoms with Crippen LogP contribution in [0.2, 0.25) is 0 Å². The molecule has 0 amide bonds. The van der Waals surface area contributed by atoms with Gasteiger partial charge in [-0.15, -0.1) is 0 Å². The third kappa shape index (κ3) is 2.45. The zero-order valence-electron chi connectivity index (χ0n) is 9.30. The molecule has 1 heterocycles. The van der Waals surface area contributed by atoms with E-state index in [9.17, 15) is 9.59 Å². The fourth-order valence-electron chi connectivity index (χ4n) is 1.26. The standard InChI is InChI=1S/C9H4BrN3O2.C2H6/c10-5-2-1-4(3-11)6-7(5)13-9(15)8(14)12-6;1-2/h1-2H,(H,12,14)(H,13,15);1-2H3. The number of rotatable bonds is 0. The fourth-order valence-corrected chi connectivity index (χ4v) is 1.69. The molecule has 0 atom stereocenters. The highest BCUT2D eigenvalue weighted by molar-refractivity contribution is 9.10. The lowest BCUT2D eigenvalue weighted by molar-refractivity contribution is 1.14. The maximum absolute atomic E-state index is 11.1. The highest BCUT2D eigenvalue weighted by Gasteiger charge is 2.07. The zero-order chi connectivity index (χ0) is 13.0. The summed E-state index contributed by atoms with van der Waals surface area (Å²) in [4.78, 5) is 26.9. The van der Waals surface area contributed by atoms with E-state index in [2.05, 4.69) is 25.9 Å². The number of hydrogen-bond donors (Lipinski definition) is 2. The molecular formula is C11H10BrN3O2. The second-order valence-corrected chi connectivity index (χ2v) is 3.72. The van der Waals surface area contributed by atoms with Gasteiger partial charge in [-0.3, -0.25) is 9.59 Å². The second-order valence-electron chi connectivity index (χ2n) is 2.86. The van der Waals surface area contributed by atoms with Gasteiger partial charge in [0.25, 0.3) is 0 Å². The summed E-state index contributed by atoms with van der Waals surface area (Å²) < 4.78 is 0.616. The predicted molar refractivity (Wildman–Crippen MR) is 69.0 cm³/mol. The molecule has 2 rings (SSSR count). The van der Waals surface area contributed by atoms with Crippen molar-refractivity contribution < 1.29 is 0 Å². The van der Waals surface area contributed by atoms with Crippen LogP contribution in [0.5, 0.6) is 0 Å². The Labute approximate surface area is 105 Å². The van der Waals surface area contributed by atoms with Crippen LogP contribution in [0.4, 0.5) is 0 Å². The normalized spacial score (nSPS) is 9.29. The van der Waals surface area contributed by atoms with E-state index >= 15 is 0 Å². The Balaban J connectivity index is 0.000000686. The molecule has 17 heavy (non-hydrogen) atoms. The number of halogens is 1. The van der Waals surface area contributed by atoms with E-state index in [1.165, 1.54) is 0 Å². The molecule has 0 aliphatic heterocycles. The monoisotopic (exact) mass is 295 g/mol. The quantitative estimate of drug-likeness (QED) is 0.727. The summed E-state index contributed by atoms with van der Waals surface area (Å²) in [6, 6.07) is 5.12. The van der Waals surface area contributed by atoms with Crippen LogP contribution in [0.1, 0.15) is 19.4 Å². The van der Waals surface area contributed by atoms with E-state index in [0.29, 0.717) is 21.1 Å². The Kier molecular flexibility index (Phi) is 4.24. The van der Waals surface area contributed by atoms with Crippen LogP contribution in [-0.2, 0) is 0 Å². The van der Waals surface area contributed by atoms with Crippen molar-refractivity contribution in [2.45, 2.75) is 13.8 Å². The van der Waals surface area contributed by atoms with Crippen LogP contribution < -0.4 is 11.1 Å². The Morgan fingerprint density at radius 3 is 2.18 bits per heavy atom. The van der Waals surface area contributed by atoms with E-state index in [1.54, 1.807) is 12.1 Å². The van der Waals surface area contributed by atoms with Crippen molar-refractivity contribution in [3.8, 4) is 6.07 Å². The van der Waals surface area contributed by atoms with Gasteiger partial charge < -0.3 is 9.97 Å². The van der Waals surface area contributed by atoms with Crippen molar-refractivity contribution in [3.63, 3.8) is 0 Å². The van der Waals surface area contributed by atoms with Gasteiger partial charge in [-0.25, -0.2) is 0 Å². The molecule has 1 aromatic heterocycles. The molecule has 0 aliphatic rings. The van der Waals surface area contributed by atoms with Crippen LogP contribution in [-0.4, -0.2) is 9.97 Å². The first-order valence-electron chi connectivity index (χ1n) is 4.98. The Bertz CT molecular complexity index is 694. The maximum atomic E-state index is 11.1. The predicted octanol–water partition coefficient (Wildman–Crippen LogP) is 1.88. The molecule has 0 unspecified atom stereocenters. The van der Waals surface area contributed by atoms with Gasteiger partial charge in [-0.05, 0) is 28.1 Å². The topological polar surface area (TPSA) is 89.5 Å². The van der Waals surface area contributed by atoms with Gasteiger partial charge in [-0.2, -0.15) is 5.26 Å². The number of hydrogen-bond acceptors (Lipinski definition) is 3. The lowest BCUT2D eigenvalue weighted by Crippen LogP contribution is -2.29. The largest absolute Gasteiger partial charge is 0.315 e. The summed E-state index contributed by atoms with van der Waals surface area (Å²) in [7, 11) is 0. The first-order valence-corrected chi connectivity index (χ1v) is 5.77. The van der Waals surface area contributed by atoms with Crippen molar-refractivity contribution in [2.75, 3.05) is 0 Å². The minimum Gasteiger partial charge on any atom is -0.315 e. The third-order valence-electron chi connectivity index (χ3n) is 1.96. The maximum Gasteiger partial charge on any atom is 0.314 e. The van der Waals surface area contributed by atoms with E-state index in [-0.39, 0.29) is 0 Å².